The number of nitrogens with zero attached hydrogens (tertiary/aromatic N) is 5. The van der Waals surface area contributed by atoms with Crippen LogP contribution in [0, 0.1) is 17.8 Å². The van der Waals surface area contributed by atoms with Crippen molar-refractivity contribution in [3.8, 4) is 5.82 Å². The topological polar surface area (TPSA) is 103 Å². The van der Waals surface area contributed by atoms with Gasteiger partial charge in [0, 0.05) is 24.2 Å². The molecular formula is C17H19N7O2. The van der Waals surface area contributed by atoms with Crippen LogP contribution in [0.15, 0.2) is 18.5 Å². The third-order valence-electron chi connectivity index (χ3n) is 5.80. The van der Waals surface area contributed by atoms with E-state index in [1.54, 1.807) is 17.1 Å². The second-order valence-electron chi connectivity index (χ2n) is 7.35. The Balaban J connectivity index is 1.24. The molecule has 2 saturated heterocycles. The molecule has 9 nitrogen and oxygen atoms in total. The highest BCUT2D eigenvalue weighted by molar-refractivity contribution is 5.72. The van der Waals surface area contributed by atoms with E-state index in [0.717, 1.165) is 67.7 Å². The molecule has 2 N–H and O–H groups in total. The molecule has 5 heterocycles. The maximum absolute atomic E-state index is 5.45. The highest BCUT2D eigenvalue weighted by atomic mass is 16.5. The molecule has 0 aromatic carbocycles. The molecule has 3 aliphatic rings. The third kappa shape index (κ3) is 2.24. The Morgan fingerprint density at radius 3 is 2.81 bits per heavy atom. The van der Waals surface area contributed by atoms with Crippen LogP contribution in [0.4, 0.5) is 5.82 Å². The van der Waals surface area contributed by atoms with E-state index in [0.29, 0.717) is 17.5 Å². The smallest absolute Gasteiger partial charge is 0.185 e. The van der Waals surface area contributed by atoms with Crippen LogP contribution >= 0.6 is 0 Å². The van der Waals surface area contributed by atoms with Crippen molar-refractivity contribution in [1.29, 1.82) is 0 Å². The van der Waals surface area contributed by atoms with Gasteiger partial charge in [-0.3, -0.25) is 5.10 Å². The second-order valence-corrected chi connectivity index (χ2v) is 7.35. The molecule has 6 rings (SSSR count). The zero-order chi connectivity index (χ0) is 17.1. The summed E-state index contributed by atoms with van der Waals surface area (Å²) in [7, 11) is 0. The lowest BCUT2D eigenvalue weighted by atomic mass is 10.1. The lowest BCUT2D eigenvalue weighted by Gasteiger charge is -2.24. The van der Waals surface area contributed by atoms with Crippen LogP contribution in [-0.2, 0) is 9.47 Å². The van der Waals surface area contributed by atoms with E-state index in [9.17, 15) is 0 Å². The molecule has 3 fully saturated rings. The van der Waals surface area contributed by atoms with Gasteiger partial charge in [0.1, 0.15) is 11.3 Å². The standard InChI is InChI=1S/C17H19N7O2/c1-13(9-5-25-6-9)22-23-16(1)24-17-14(3-20-24)18-4-15(21-17)19-2-10-11-7-26-8-12(10)11/h1,3-4,9-12H,2,5-8H2,(H,19,21)(H,22,23). The average molecular weight is 353 g/mol. The van der Waals surface area contributed by atoms with E-state index in [1.807, 2.05) is 6.07 Å². The minimum Gasteiger partial charge on any atom is -0.381 e. The van der Waals surface area contributed by atoms with Gasteiger partial charge in [0.2, 0.25) is 0 Å². The lowest BCUT2D eigenvalue weighted by Crippen LogP contribution is -2.25. The quantitative estimate of drug-likeness (QED) is 0.704. The van der Waals surface area contributed by atoms with E-state index >= 15 is 0 Å². The van der Waals surface area contributed by atoms with Crippen LogP contribution in [0.2, 0.25) is 0 Å². The summed E-state index contributed by atoms with van der Waals surface area (Å²) in [6, 6.07) is 2.01. The van der Waals surface area contributed by atoms with Crippen molar-refractivity contribution in [2.45, 2.75) is 5.92 Å². The molecule has 0 spiro atoms. The van der Waals surface area contributed by atoms with Gasteiger partial charge < -0.3 is 14.8 Å². The Labute approximate surface area is 149 Å². The van der Waals surface area contributed by atoms with Gasteiger partial charge in [0.25, 0.3) is 0 Å². The summed E-state index contributed by atoms with van der Waals surface area (Å²) in [5, 5.41) is 15.3. The Morgan fingerprint density at radius 2 is 2.00 bits per heavy atom. The summed E-state index contributed by atoms with van der Waals surface area (Å²) in [6.45, 7) is 4.21. The number of H-pyrrole nitrogens is 1. The van der Waals surface area contributed by atoms with Gasteiger partial charge in [-0.05, 0) is 17.8 Å². The largest absolute Gasteiger partial charge is 0.381 e. The molecule has 0 bridgehead atoms. The molecule has 2 atom stereocenters. The van der Waals surface area contributed by atoms with Gasteiger partial charge in [-0.2, -0.15) is 14.9 Å². The van der Waals surface area contributed by atoms with Crippen molar-refractivity contribution in [2.24, 2.45) is 17.8 Å². The maximum Gasteiger partial charge on any atom is 0.185 e. The SMILES string of the molecule is c1nc2cnn(-c3cc(C4COC4)[nH]n3)c2nc1NCC1C2COCC12. The Hall–Kier alpha value is -2.52. The van der Waals surface area contributed by atoms with E-state index in [1.165, 1.54) is 0 Å². The lowest BCUT2D eigenvalue weighted by molar-refractivity contribution is 0.00669. The van der Waals surface area contributed by atoms with Crippen LogP contribution < -0.4 is 5.32 Å². The van der Waals surface area contributed by atoms with E-state index in [2.05, 4.69) is 25.6 Å². The monoisotopic (exact) mass is 353 g/mol. The summed E-state index contributed by atoms with van der Waals surface area (Å²) in [5.41, 5.74) is 2.53. The number of hydrogen-bond acceptors (Lipinski definition) is 7. The zero-order valence-corrected chi connectivity index (χ0v) is 14.1. The maximum atomic E-state index is 5.45. The number of ether oxygens (including phenoxy) is 2. The fourth-order valence-corrected chi connectivity index (χ4v) is 4.00. The van der Waals surface area contributed by atoms with Crippen molar-refractivity contribution in [3.63, 3.8) is 0 Å². The van der Waals surface area contributed by atoms with E-state index in [-0.39, 0.29) is 0 Å². The summed E-state index contributed by atoms with van der Waals surface area (Å²) in [5.74, 6) is 4.04. The summed E-state index contributed by atoms with van der Waals surface area (Å²) < 4.78 is 12.4. The first kappa shape index (κ1) is 14.6. The summed E-state index contributed by atoms with van der Waals surface area (Å²) in [6.07, 6.45) is 3.49. The van der Waals surface area contributed by atoms with Crippen molar-refractivity contribution in [2.75, 3.05) is 38.3 Å². The van der Waals surface area contributed by atoms with Crippen molar-refractivity contribution in [3.05, 3.63) is 24.2 Å². The van der Waals surface area contributed by atoms with Gasteiger partial charge in [-0.25, -0.2) is 9.97 Å². The Morgan fingerprint density at radius 1 is 1.15 bits per heavy atom. The van der Waals surface area contributed by atoms with E-state index in [4.69, 9.17) is 14.5 Å². The molecule has 1 aliphatic carbocycles. The first-order valence-corrected chi connectivity index (χ1v) is 9.02. The molecule has 3 aromatic rings. The van der Waals surface area contributed by atoms with Crippen LogP contribution in [0.1, 0.15) is 11.6 Å². The summed E-state index contributed by atoms with van der Waals surface area (Å²) in [4.78, 5) is 9.19. The predicted octanol–water partition coefficient (Wildman–Crippen LogP) is 0.957. The molecule has 134 valence electrons. The van der Waals surface area contributed by atoms with Crippen molar-refractivity contribution in [1.82, 2.24) is 29.9 Å². The normalized spacial score (nSPS) is 27.5. The predicted molar refractivity (Wildman–Crippen MR) is 92.1 cm³/mol. The van der Waals surface area contributed by atoms with Crippen molar-refractivity contribution >= 4 is 17.0 Å². The highest BCUT2D eigenvalue weighted by Crippen LogP contribution is 2.50. The van der Waals surface area contributed by atoms with Gasteiger partial charge in [-0.1, -0.05) is 0 Å². The van der Waals surface area contributed by atoms with Crippen LogP contribution in [0.5, 0.6) is 0 Å². The number of anilines is 1. The first-order valence-electron chi connectivity index (χ1n) is 9.02. The van der Waals surface area contributed by atoms with Crippen molar-refractivity contribution < 1.29 is 9.47 Å². The molecule has 2 aliphatic heterocycles. The molecule has 9 heteroatoms. The minimum atomic E-state index is 0.392. The summed E-state index contributed by atoms with van der Waals surface area (Å²) >= 11 is 0. The molecule has 2 unspecified atom stereocenters. The molecule has 1 saturated carbocycles. The minimum absolute atomic E-state index is 0.392. The fraction of sp³-hybridized carbons (Fsp3) is 0.529. The number of aromatic amines is 1. The Kier molecular flexibility index (Phi) is 3.09. The fourth-order valence-electron chi connectivity index (χ4n) is 4.00. The third-order valence-corrected chi connectivity index (χ3v) is 5.80. The zero-order valence-electron chi connectivity index (χ0n) is 14.1. The molecule has 0 radical (unpaired) electrons. The number of hydrogen-bond donors (Lipinski definition) is 2. The van der Waals surface area contributed by atoms with Crippen LogP contribution in [-0.4, -0.2) is 62.9 Å². The van der Waals surface area contributed by atoms with Gasteiger partial charge in [-0.15, -0.1) is 0 Å². The van der Waals surface area contributed by atoms with Gasteiger partial charge in [0.05, 0.1) is 38.8 Å². The van der Waals surface area contributed by atoms with Crippen LogP contribution in [0.25, 0.3) is 17.0 Å². The van der Waals surface area contributed by atoms with Gasteiger partial charge >= 0.3 is 0 Å². The number of nitrogens with one attached hydrogen (secondary N) is 2. The highest BCUT2D eigenvalue weighted by Gasteiger charge is 2.53. The number of fused-ring (bicyclic) bond motifs is 2. The molecule has 3 aromatic heterocycles. The first-order chi connectivity index (χ1) is 12.9. The van der Waals surface area contributed by atoms with Gasteiger partial charge in [0.15, 0.2) is 11.5 Å². The number of rotatable bonds is 5. The molecular weight excluding hydrogens is 334 g/mol. The second kappa shape index (κ2) is 5.49. The Bertz CT molecular complexity index is 953. The average Bonchev–Trinajstić information content (AvgIpc) is 3.08. The number of aromatic nitrogens is 6. The molecule has 0 amide bonds. The molecule has 26 heavy (non-hydrogen) atoms. The van der Waals surface area contributed by atoms with E-state index < -0.39 is 0 Å². The van der Waals surface area contributed by atoms with Crippen LogP contribution in [0.3, 0.4) is 0 Å².